The van der Waals surface area contributed by atoms with Gasteiger partial charge < -0.3 is 0 Å². The summed E-state index contributed by atoms with van der Waals surface area (Å²) in [6, 6.07) is 19.7. The normalized spacial score (nSPS) is 12.7. The Kier molecular flexibility index (Phi) is 7.72. The highest BCUT2D eigenvalue weighted by Crippen LogP contribution is 2.09. The molecule has 0 radical (unpaired) electrons. The molecule has 0 saturated heterocycles. The van der Waals surface area contributed by atoms with E-state index in [0.717, 1.165) is 29.1 Å². The second-order valence-electron chi connectivity index (χ2n) is 5.28. The van der Waals surface area contributed by atoms with Crippen LogP contribution in [0.25, 0.3) is 0 Å². The van der Waals surface area contributed by atoms with Crippen molar-refractivity contribution in [2.24, 2.45) is 10.2 Å². The van der Waals surface area contributed by atoms with Crippen LogP contribution >= 0.6 is 0 Å². The molecule has 128 valence electrons. The number of hydrogen-bond acceptors (Lipinski definition) is 4. The Morgan fingerprint density at radius 3 is 2.08 bits per heavy atom. The van der Waals surface area contributed by atoms with Gasteiger partial charge in [0.2, 0.25) is 0 Å². The number of allylic oxidation sites excluding steroid dienone is 4. The molecule has 0 aliphatic heterocycles. The summed E-state index contributed by atoms with van der Waals surface area (Å²) in [6.45, 7) is 4.10. The molecule has 0 amide bonds. The third kappa shape index (κ3) is 6.47. The van der Waals surface area contributed by atoms with E-state index in [9.17, 15) is 0 Å². The molecule has 0 aliphatic rings. The lowest BCUT2D eigenvalue weighted by molar-refractivity contribution is 1.16. The lowest BCUT2D eigenvalue weighted by Gasteiger charge is -2.06. The van der Waals surface area contributed by atoms with Crippen LogP contribution in [0, 0.1) is 0 Å². The van der Waals surface area contributed by atoms with Gasteiger partial charge in [-0.3, -0.25) is 10.9 Å². The molecule has 2 rings (SSSR count). The molecule has 0 fully saturated rings. The number of rotatable bonds is 8. The fourth-order valence-electron chi connectivity index (χ4n) is 2.10. The lowest BCUT2D eigenvalue weighted by Crippen LogP contribution is -2.09. The summed E-state index contributed by atoms with van der Waals surface area (Å²) >= 11 is 0. The second-order valence-corrected chi connectivity index (χ2v) is 5.28. The summed E-state index contributed by atoms with van der Waals surface area (Å²) in [4.78, 5) is 0. The van der Waals surface area contributed by atoms with Gasteiger partial charge in [0.1, 0.15) is 5.71 Å². The van der Waals surface area contributed by atoms with Crippen LogP contribution in [0.15, 0.2) is 94.7 Å². The quantitative estimate of drug-likeness (QED) is 0.383. The van der Waals surface area contributed by atoms with Crippen molar-refractivity contribution in [3.63, 3.8) is 0 Å². The largest absolute Gasteiger partial charge is 0.278 e. The number of benzene rings is 2. The van der Waals surface area contributed by atoms with E-state index in [1.54, 1.807) is 6.21 Å². The monoisotopic (exact) mass is 332 g/mol. The Morgan fingerprint density at radius 1 is 0.920 bits per heavy atom. The maximum atomic E-state index is 4.52. The minimum absolute atomic E-state index is 0.785. The van der Waals surface area contributed by atoms with Crippen molar-refractivity contribution in [1.29, 1.82) is 0 Å². The molecule has 4 nitrogen and oxygen atoms in total. The summed E-state index contributed by atoms with van der Waals surface area (Å²) in [5, 5.41) is 8.84. The first-order valence-electron chi connectivity index (χ1n) is 8.38. The first-order chi connectivity index (χ1) is 12.3. The minimum atomic E-state index is 0.785. The van der Waals surface area contributed by atoms with Gasteiger partial charge in [-0.2, -0.15) is 10.2 Å². The van der Waals surface area contributed by atoms with Gasteiger partial charge in [0.25, 0.3) is 0 Å². The molecule has 0 heterocycles. The summed E-state index contributed by atoms with van der Waals surface area (Å²) in [6.07, 6.45) is 8.66. The van der Waals surface area contributed by atoms with E-state index in [4.69, 9.17) is 0 Å². The van der Waals surface area contributed by atoms with E-state index in [1.165, 1.54) is 0 Å². The molecule has 25 heavy (non-hydrogen) atoms. The fourth-order valence-corrected chi connectivity index (χ4v) is 2.10. The van der Waals surface area contributed by atoms with E-state index >= 15 is 0 Å². The van der Waals surface area contributed by atoms with Crippen LogP contribution in [-0.2, 0) is 0 Å². The molecule has 0 bridgehead atoms. The van der Waals surface area contributed by atoms with Crippen LogP contribution in [0.3, 0.4) is 0 Å². The summed E-state index contributed by atoms with van der Waals surface area (Å²) < 4.78 is 0. The summed E-state index contributed by atoms with van der Waals surface area (Å²) in [5.74, 6) is 0. The zero-order valence-corrected chi connectivity index (χ0v) is 14.7. The van der Waals surface area contributed by atoms with E-state index in [1.807, 2.05) is 79.7 Å². The number of para-hydroxylation sites is 2. The summed E-state index contributed by atoms with van der Waals surface area (Å²) in [5.41, 5.74) is 9.87. The predicted molar refractivity (Wildman–Crippen MR) is 109 cm³/mol. The van der Waals surface area contributed by atoms with Crippen molar-refractivity contribution < 1.29 is 0 Å². The molecule has 0 saturated carbocycles. The van der Waals surface area contributed by atoms with E-state index in [2.05, 4.69) is 34.1 Å². The van der Waals surface area contributed by atoms with Gasteiger partial charge in [-0.25, -0.2) is 0 Å². The standard InChI is InChI=1S/C21H24N4/c1-3-5-12-18(4-2)21(25-24-20-15-10-7-11-16-20)17-22-23-19-13-8-6-9-14-19/h3,5-17,23-24H,4H2,1-2H3/b5-3-,18-12+,22-17+,25-21?. The van der Waals surface area contributed by atoms with E-state index in [-0.39, 0.29) is 0 Å². The maximum absolute atomic E-state index is 4.52. The van der Waals surface area contributed by atoms with Crippen LogP contribution in [-0.4, -0.2) is 11.9 Å². The average molecular weight is 332 g/mol. The number of nitrogens with one attached hydrogen (secondary N) is 2. The third-order valence-corrected chi connectivity index (χ3v) is 3.43. The number of hydrogen-bond donors (Lipinski definition) is 2. The first-order valence-corrected chi connectivity index (χ1v) is 8.38. The molecule has 0 aromatic heterocycles. The zero-order chi connectivity index (χ0) is 17.7. The van der Waals surface area contributed by atoms with Gasteiger partial charge in [0.05, 0.1) is 17.6 Å². The first kappa shape index (κ1) is 18.2. The highest BCUT2D eigenvalue weighted by atomic mass is 15.3. The van der Waals surface area contributed by atoms with Crippen LogP contribution in [0.2, 0.25) is 0 Å². The van der Waals surface area contributed by atoms with Crippen molar-refractivity contribution in [1.82, 2.24) is 0 Å². The molecular formula is C21H24N4. The smallest absolute Gasteiger partial charge is 0.107 e. The van der Waals surface area contributed by atoms with Crippen molar-refractivity contribution in [3.8, 4) is 0 Å². The van der Waals surface area contributed by atoms with Gasteiger partial charge in [0.15, 0.2) is 0 Å². The Balaban J connectivity index is 2.18. The van der Waals surface area contributed by atoms with Crippen molar-refractivity contribution in [3.05, 3.63) is 84.5 Å². The highest BCUT2D eigenvalue weighted by Gasteiger charge is 2.02. The van der Waals surface area contributed by atoms with Crippen molar-refractivity contribution in [2.45, 2.75) is 20.3 Å². The van der Waals surface area contributed by atoms with E-state index < -0.39 is 0 Å². The molecular weight excluding hydrogens is 308 g/mol. The van der Waals surface area contributed by atoms with Crippen LogP contribution in [0.4, 0.5) is 11.4 Å². The molecule has 0 aliphatic carbocycles. The fraction of sp³-hybridized carbons (Fsp3) is 0.143. The third-order valence-electron chi connectivity index (χ3n) is 3.43. The van der Waals surface area contributed by atoms with Gasteiger partial charge in [-0.15, -0.1) is 0 Å². The highest BCUT2D eigenvalue weighted by molar-refractivity contribution is 6.38. The molecule has 0 spiro atoms. The average Bonchev–Trinajstić information content (AvgIpc) is 2.67. The number of anilines is 2. The zero-order valence-electron chi connectivity index (χ0n) is 14.7. The SMILES string of the molecule is C/C=C\C=C(/CC)C(/C=N/Nc1ccccc1)=NNc1ccccc1. The number of hydrazone groups is 2. The van der Waals surface area contributed by atoms with Crippen molar-refractivity contribution in [2.75, 3.05) is 10.9 Å². The number of nitrogens with zero attached hydrogens (tertiary/aromatic N) is 2. The lowest BCUT2D eigenvalue weighted by atomic mass is 10.1. The Hall–Kier alpha value is -3.14. The molecule has 2 N–H and O–H groups in total. The van der Waals surface area contributed by atoms with Gasteiger partial charge >= 0.3 is 0 Å². The molecule has 2 aromatic carbocycles. The second kappa shape index (κ2) is 10.6. The van der Waals surface area contributed by atoms with Gasteiger partial charge in [0, 0.05) is 0 Å². The predicted octanol–water partition coefficient (Wildman–Crippen LogP) is 5.46. The molecule has 0 atom stereocenters. The van der Waals surface area contributed by atoms with E-state index in [0.29, 0.717) is 0 Å². The minimum Gasteiger partial charge on any atom is -0.278 e. The molecule has 4 heteroatoms. The summed E-state index contributed by atoms with van der Waals surface area (Å²) in [7, 11) is 0. The van der Waals surface area contributed by atoms with Crippen LogP contribution < -0.4 is 10.9 Å². The van der Waals surface area contributed by atoms with Crippen LogP contribution in [0.1, 0.15) is 20.3 Å². The molecule has 0 unspecified atom stereocenters. The van der Waals surface area contributed by atoms with Gasteiger partial charge in [-0.1, -0.05) is 61.5 Å². The Bertz CT molecular complexity index is 744. The van der Waals surface area contributed by atoms with Crippen molar-refractivity contribution >= 4 is 23.3 Å². The van der Waals surface area contributed by atoms with Crippen LogP contribution in [0.5, 0.6) is 0 Å². The Morgan fingerprint density at radius 2 is 1.52 bits per heavy atom. The Labute approximate surface area is 149 Å². The van der Waals surface area contributed by atoms with Gasteiger partial charge in [-0.05, 0) is 43.2 Å². The topological polar surface area (TPSA) is 48.8 Å². The molecule has 2 aromatic rings. The maximum Gasteiger partial charge on any atom is 0.107 e.